The van der Waals surface area contributed by atoms with Crippen LogP contribution in [0.25, 0.3) is 0 Å². The van der Waals surface area contributed by atoms with Gasteiger partial charge in [-0.15, -0.1) is 0 Å². The first-order chi connectivity index (χ1) is 7.06. The summed E-state index contributed by atoms with van der Waals surface area (Å²) in [4.78, 5) is 11.5. The molecule has 1 aromatic rings. The van der Waals surface area contributed by atoms with Crippen LogP contribution >= 0.6 is 15.9 Å². The van der Waals surface area contributed by atoms with E-state index in [0.29, 0.717) is 4.47 Å². The van der Waals surface area contributed by atoms with Crippen molar-refractivity contribution in [1.82, 2.24) is 0 Å². The normalized spacial score (nSPS) is 12.2. The van der Waals surface area contributed by atoms with Gasteiger partial charge in [-0.1, -0.05) is 0 Å². The van der Waals surface area contributed by atoms with Crippen molar-refractivity contribution in [2.24, 2.45) is 0 Å². The van der Waals surface area contributed by atoms with Crippen LogP contribution in [0.15, 0.2) is 27.6 Å². The van der Waals surface area contributed by atoms with Gasteiger partial charge in [0, 0.05) is 4.47 Å². The van der Waals surface area contributed by atoms with Gasteiger partial charge < -0.3 is 9.29 Å². The lowest BCUT2D eigenvalue weighted by atomic mass is 10.2. The average molecular weight is 293 g/mol. The predicted molar refractivity (Wildman–Crippen MR) is 59.1 cm³/mol. The maximum absolute atomic E-state index is 11.3. The van der Waals surface area contributed by atoms with Crippen molar-refractivity contribution < 1.29 is 18.3 Å². The quantitative estimate of drug-likeness (QED) is 0.685. The standard InChI is InChI=1S/C9H9BrO4S/c1-2-14-9(11)6-3-4-7(10)8(5-6)15(12)13/h3-5H,2H2,1H3,(H,12,13). The molecular formula is C9H9BrO4S. The molecule has 0 bridgehead atoms. The van der Waals surface area contributed by atoms with Crippen LogP contribution in [0.5, 0.6) is 0 Å². The molecule has 0 aliphatic rings. The molecule has 0 aliphatic heterocycles. The molecule has 0 spiro atoms. The largest absolute Gasteiger partial charge is 0.462 e. The number of rotatable bonds is 3. The number of halogens is 1. The molecule has 0 amide bonds. The Hall–Kier alpha value is -0.720. The van der Waals surface area contributed by atoms with E-state index in [-0.39, 0.29) is 17.1 Å². The van der Waals surface area contributed by atoms with Gasteiger partial charge in [-0.3, -0.25) is 0 Å². The number of benzene rings is 1. The summed E-state index contributed by atoms with van der Waals surface area (Å²) in [5.41, 5.74) is 0.262. The Balaban J connectivity index is 3.07. The van der Waals surface area contributed by atoms with Gasteiger partial charge in [0.15, 0.2) is 11.1 Å². The highest BCUT2D eigenvalue weighted by molar-refractivity contribution is 9.10. The van der Waals surface area contributed by atoms with Crippen molar-refractivity contribution in [1.29, 1.82) is 0 Å². The molecule has 6 heteroatoms. The van der Waals surface area contributed by atoms with E-state index in [4.69, 9.17) is 9.29 Å². The first-order valence-electron chi connectivity index (χ1n) is 4.13. The average Bonchev–Trinajstić information content (AvgIpc) is 2.18. The van der Waals surface area contributed by atoms with E-state index in [9.17, 15) is 9.00 Å². The van der Waals surface area contributed by atoms with Crippen LogP contribution in [0.2, 0.25) is 0 Å². The Morgan fingerprint density at radius 1 is 1.60 bits per heavy atom. The highest BCUT2D eigenvalue weighted by atomic mass is 79.9. The molecule has 1 atom stereocenters. The summed E-state index contributed by atoms with van der Waals surface area (Å²) in [5, 5.41) is 0. The van der Waals surface area contributed by atoms with Crippen molar-refractivity contribution in [2.45, 2.75) is 11.8 Å². The van der Waals surface area contributed by atoms with Gasteiger partial charge in [0.25, 0.3) is 0 Å². The molecule has 82 valence electrons. The fraction of sp³-hybridized carbons (Fsp3) is 0.222. The number of hydrogen-bond donors (Lipinski definition) is 1. The van der Waals surface area contributed by atoms with Crippen LogP contribution in [-0.2, 0) is 15.8 Å². The Kier molecular flexibility index (Phi) is 4.44. The summed E-state index contributed by atoms with van der Waals surface area (Å²) < 4.78 is 25.1. The van der Waals surface area contributed by atoms with Crippen LogP contribution in [0.3, 0.4) is 0 Å². The molecule has 0 fully saturated rings. The third kappa shape index (κ3) is 3.12. The smallest absolute Gasteiger partial charge is 0.338 e. The van der Waals surface area contributed by atoms with Gasteiger partial charge in [-0.2, -0.15) is 0 Å². The van der Waals surface area contributed by atoms with E-state index >= 15 is 0 Å². The van der Waals surface area contributed by atoms with Gasteiger partial charge in [-0.05, 0) is 41.1 Å². The van der Waals surface area contributed by atoms with Crippen molar-refractivity contribution in [3.63, 3.8) is 0 Å². The molecule has 1 rings (SSSR count). The van der Waals surface area contributed by atoms with Gasteiger partial charge in [0.1, 0.15) is 0 Å². The zero-order chi connectivity index (χ0) is 11.4. The van der Waals surface area contributed by atoms with Crippen molar-refractivity contribution in [2.75, 3.05) is 6.61 Å². The first-order valence-corrected chi connectivity index (χ1v) is 6.03. The zero-order valence-corrected chi connectivity index (χ0v) is 10.3. The van der Waals surface area contributed by atoms with Crippen LogP contribution in [-0.4, -0.2) is 21.3 Å². The van der Waals surface area contributed by atoms with E-state index < -0.39 is 17.0 Å². The lowest BCUT2D eigenvalue weighted by Gasteiger charge is -2.04. The third-order valence-corrected chi connectivity index (χ3v) is 3.30. The number of carbonyl (C=O) groups excluding carboxylic acids is 1. The summed E-state index contributed by atoms with van der Waals surface area (Å²) in [5.74, 6) is -0.503. The van der Waals surface area contributed by atoms with Crippen LogP contribution in [0.1, 0.15) is 17.3 Å². The van der Waals surface area contributed by atoms with Crippen molar-refractivity contribution >= 4 is 33.0 Å². The minimum Gasteiger partial charge on any atom is -0.462 e. The van der Waals surface area contributed by atoms with Crippen molar-refractivity contribution in [3.05, 3.63) is 28.2 Å². The van der Waals surface area contributed by atoms with Gasteiger partial charge >= 0.3 is 5.97 Å². The van der Waals surface area contributed by atoms with Crippen molar-refractivity contribution in [3.8, 4) is 0 Å². The van der Waals surface area contributed by atoms with Crippen LogP contribution < -0.4 is 0 Å². The fourth-order valence-corrected chi connectivity index (χ4v) is 2.10. The summed E-state index contributed by atoms with van der Waals surface area (Å²) in [6.45, 7) is 1.97. The van der Waals surface area contributed by atoms with E-state index in [2.05, 4.69) is 15.9 Å². The molecular weight excluding hydrogens is 284 g/mol. The Bertz CT molecular complexity index is 405. The molecule has 0 saturated carbocycles. The lowest BCUT2D eigenvalue weighted by Crippen LogP contribution is -2.05. The Morgan fingerprint density at radius 3 is 2.80 bits per heavy atom. The molecule has 1 N–H and O–H groups in total. The summed E-state index contributed by atoms with van der Waals surface area (Å²) in [7, 11) is 0. The van der Waals surface area contributed by atoms with Gasteiger partial charge in [-0.25, -0.2) is 9.00 Å². The number of esters is 1. The molecule has 15 heavy (non-hydrogen) atoms. The van der Waals surface area contributed by atoms with Gasteiger partial charge in [0.2, 0.25) is 0 Å². The van der Waals surface area contributed by atoms with E-state index in [1.54, 1.807) is 6.92 Å². The van der Waals surface area contributed by atoms with Gasteiger partial charge in [0.05, 0.1) is 17.1 Å². The molecule has 1 aromatic carbocycles. The lowest BCUT2D eigenvalue weighted by molar-refractivity contribution is 0.0526. The summed E-state index contributed by atoms with van der Waals surface area (Å²) in [6.07, 6.45) is 0. The first kappa shape index (κ1) is 12.4. The highest BCUT2D eigenvalue weighted by Crippen LogP contribution is 2.21. The molecule has 0 aromatic heterocycles. The topological polar surface area (TPSA) is 63.6 Å². The minimum absolute atomic E-state index is 0.153. The van der Waals surface area contributed by atoms with E-state index in [1.807, 2.05) is 0 Å². The summed E-state index contributed by atoms with van der Waals surface area (Å²) in [6, 6.07) is 4.40. The molecule has 0 heterocycles. The molecule has 1 unspecified atom stereocenters. The second-order valence-electron chi connectivity index (χ2n) is 2.61. The maximum Gasteiger partial charge on any atom is 0.338 e. The number of carbonyl (C=O) groups is 1. The van der Waals surface area contributed by atoms with E-state index in [1.165, 1.54) is 18.2 Å². The Morgan fingerprint density at radius 2 is 2.27 bits per heavy atom. The highest BCUT2D eigenvalue weighted by Gasteiger charge is 2.12. The SMILES string of the molecule is CCOC(=O)c1ccc(Br)c(S(=O)O)c1. The third-order valence-electron chi connectivity index (χ3n) is 1.63. The zero-order valence-electron chi connectivity index (χ0n) is 7.90. The molecule has 4 nitrogen and oxygen atoms in total. The predicted octanol–water partition coefficient (Wildman–Crippen LogP) is 2.21. The summed E-state index contributed by atoms with van der Waals surface area (Å²) >= 11 is 0.988. The second-order valence-corrected chi connectivity index (χ2v) is 4.41. The van der Waals surface area contributed by atoms with Crippen LogP contribution in [0.4, 0.5) is 0 Å². The van der Waals surface area contributed by atoms with Crippen LogP contribution in [0, 0.1) is 0 Å². The molecule has 0 aliphatic carbocycles. The number of ether oxygens (including phenoxy) is 1. The molecule has 0 radical (unpaired) electrons. The maximum atomic E-state index is 11.3. The fourth-order valence-electron chi connectivity index (χ4n) is 0.979. The van der Waals surface area contributed by atoms with E-state index in [0.717, 1.165) is 0 Å². The number of hydrogen-bond acceptors (Lipinski definition) is 3. The molecule has 0 saturated heterocycles. The monoisotopic (exact) mass is 292 g/mol. The second kappa shape index (κ2) is 5.39. The Labute approximate surface area is 98.0 Å². The minimum atomic E-state index is -2.13.